The summed E-state index contributed by atoms with van der Waals surface area (Å²) in [4.78, 5) is 11.6. The average molecular weight is 310 g/mol. The second-order valence-electron chi connectivity index (χ2n) is 5.34. The zero-order valence-electron chi connectivity index (χ0n) is 13.5. The number of nitrogens with one attached hydrogen (secondary N) is 1. The molecule has 0 aromatic heterocycles. The molecule has 0 spiro atoms. The summed E-state index contributed by atoms with van der Waals surface area (Å²) < 4.78 is 5.14. The molecule has 120 valence electrons. The lowest BCUT2D eigenvalue weighted by Crippen LogP contribution is -2.24. The Labute approximate surface area is 137 Å². The maximum absolute atomic E-state index is 11.6. The van der Waals surface area contributed by atoms with Crippen LogP contribution in [0.25, 0.3) is 6.08 Å². The van der Waals surface area contributed by atoms with E-state index in [2.05, 4.69) is 5.32 Å². The van der Waals surface area contributed by atoms with Crippen molar-refractivity contribution >= 4 is 17.9 Å². The molecule has 4 nitrogen and oxygen atoms in total. The van der Waals surface area contributed by atoms with Crippen molar-refractivity contribution in [1.82, 2.24) is 5.32 Å². The maximum Gasteiger partial charge on any atom is 0.407 e. The van der Waals surface area contributed by atoms with Gasteiger partial charge in [0.05, 0.1) is 0 Å². The Morgan fingerprint density at radius 1 is 1.13 bits per heavy atom. The highest BCUT2D eigenvalue weighted by molar-refractivity contribution is 5.68. The number of carbonyl (C=O) groups is 1. The minimum absolute atomic E-state index is 0.270. The van der Waals surface area contributed by atoms with Crippen LogP contribution in [0.3, 0.4) is 0 Å². The fourth-order valence-corrected chi connectivity index (χ4v) is 2.15. The average Bonchev–Trinajstić information content (AvgIpc) is 2.57. The van der Waals surface area contributed by atoms with Crippen LogP contribution in [0.5, 0.6) is 0 Å². The Morgan fingerprint density at radius 3 is 2.61 bits per heavy atom. The number of rotatable bonds is 5. The molecule has 23 heavy (non-hydrogen) atoms. The van der Waals surface area contributed by atoms with E-state index in [4.69, 9.17) is 10.5 Å². The molecule has 0 radical (unpaired) electrons. The highest BCUT2D eigenvalue weighted by Gasteiger charge is 2.02. The molecule has 0 bridgehead atoms. The van der Waals surface area contributed by atoms with Crippen molar-refractivity contribution in [3.63, 3.8) is 0 Å². The van der Waals surface area contributed by atoms with Crippen LogP contribution in [0, 0.1) is 13.8 Å². The molecule has 0 atom stereocenters. The second kappa shape index (κ2) is 8.03. The zero-order valence-corrected chi connectivity index (χ0v) is 13.5. The van der Waals surface area contributed by atoms with E-state index in [0.717, 1.165) is 27.9 Å². The topological polar surface area (TPSA) is 64.3 Å². The lowest BCUT2D eigenvalue weighted by atomic mass is 10.0. The molecule has 0 saturated heterocycles. The van der Waals surface area contributed by atoms with Crippen molar-refractivity contribution in [2.75, 3.05) is 12.3 Å². The second-order valence-corrected chi connectivity index (χ2v) is 5.34. The first-order valence-electron chi connectivity index (χ1n) is 7.54. The van der Waals surface area contributed by atoms with Crippen LogP contribution in [0.2, 0.25) is 0 Å². The van der Waals surface area contributed by atoms with Crippen LogP contribution in [0.4, 0.5) is 10.5 Å². The van der Waals surface area contributed by atoms with E-state index >= 15 is 0 Å². The van der Waals surface area contributed by atoms with Gasteiger partial charge in [-0.2, -0.15) is 0 Å². The quantitative estimate of drug-likeness (QED) is 0.825. The highest BCUT2D eigenvalue weighted by atomic mass is 16.5. The molecular weight excluding hydrogens is 288 g/mol. The predicted octanol–water partition coefficient (Wildman–Crippen LogP) is 3.83. The summed E-state index contributed by atoms with van der Waals surface area (Å²) in [6, 6.07) is 13.5. The minimum atomic E-state index is -0.427. The Bertz CT molecular complexity index is 694. The van der Waals surface area contributed by atoms with Crippen molar-refractivity contribution < 1.29 is 9.53 Å². The fraction of sp³-hybridized carbons (Fsp3) is 0.211. The van der Waals surface area contributed by atoms with Gasteiger partial charge in [0.15, 0.2) is 0 Å². The number of nitrogen functional groups attached to an aromatic ring is 1. The number of benzene rings is 2. The molecule has 0 heterocycles. The number of hydrogen-bond acceptors (Lipinski definition) is 3. The monoisotopic (exact) mass is 310 g/mol. The molecule has 4 heteroatoms. The third kappa shape index (κ3) is 4.88. The predicted molar refractivity (Wildman–Crippen MR) is 94.0 cm³/mol. The number of ether oxygens (including phenoxy) is 1. The summed E-state index contributed by atoms with van der Waals surface area (Å²) in [6.45, 7) is 4.72. The fourth-order valence-electron chi connectivity index (χ4n) is 2.15. The number of carbonyl (C=O) groups excluding carboxylic acids is 1. The van der Waals surface area contributed by atoms with Gasteiger partial charge < -0.3 is 15.8 Å². The van der Waals surface area contributed by atoms with Crippen molar-refractivity contribution in [2.24, 2.45) is 0 Å². The largest absolute Gasteiger partial charge is 0.445 e. The molecular formula is C19H22N2O2. The Kier molecular flexibility index (Phi) is 5.80. The Balaban J connectivity index is 1.78. The zero-order chi connectivity index (χ0) is 16.7. The van der Waals surface area contributed by atoms with Gasteiger partial charge in [0.2, 0.25) is 0 Å². The molecule has 3 N–H and O–H groups in total. The minimum Gasteiger partial charge on any atom is -0.445 e. The number of anilines is 1. The number of amides is 1. The van der Waals surface area contributed by atoms with Crippen LogP contribution >= 0.6 is 0 Å². The first-order chi connectivity index (χ1) is 11.1. The van der Waals surface area contributed by atoms with E-state index < -0.39 is 6.09 Å². The number of alkyl carbamates (subject to hydrolysis) is 1. The molecule has 1 amide bonds. The summed E-state index contributed by atoms with van der Waals surface area (Å²) >= 11 is 0. The van der Waals surface area contributed by atoms with E-state index in [0.29, 0.717) is 6.54 Å². The van der Waals surface area contributed by atoms with E-state index in [1.807, 2.05) is 68.5 Å². The van der Waals surface area contributed by atoms with Crippen LogP contribution < -0.4 is 11.1 Å². The van der Waals surface area contributed by atoms with Gasteiger partial charge in [0.25, 0.3) is 0 Å². The van der Waals surface area contributed by atoms with Crippen LogP contribution in [-0.4, -0.2) is 12.6 Å². The van der Waals surface area contributed by atoms with Gasteiger partial charge in [-0.05, 0) is 42.2 Å². The van der Waals surface area contributed by atoms with E-state index in [-0.39, 0.29) is 6.61 Å². The van der Waals surface area contributed by atoms with Gasteiger partial charge in [0, 0.05) is 12.2 Å². The summed E-state index contributed by atoms with van der Waals surface area (Å²) in [6.07, 6.45) is 3.43. The number of nitrogens with two attached hydrogens (primary N) is 1. The summed E-state index contributed by atoms with van der Waals surface area (Å²) in [5.41, 5.74) is 11.0. The standard InChI is InChI=1S/C19H22N2O2/c1-14-15(2)18(20)11-10-17(14)9-6-12-21-19(22)23-13-16-7-4-3-5-8-16/h3-11H,12-13,20H2,1-2H3,(H,21,22). The van der Waals surface area contributed by atoms with E-state index in [1.165, 1.54) is 0 Å². The van der Waals surface area contributed by atoms with Gasteiger partial charge in [-0.1, -0.05) is 48.6 Å². The molecule has 2 rings (SSSR count). The van der Waals surface area contributed by atoms with Crippen molar-refractivity contribution in [3.05, 3.63) is 70.8 Å². The van der Waals surface area contributed by atoms with Crippen molar-refractivity contribution in [3.8, 4) is 0 Å². The third-order valence-corrected chi connectivity index (χ3v) is 3.75. The SMILES string of the molecule is Cc1c(N)ccc(C=CCNC(=O)OCc2ccccc2)c1C. The van der Waals surface area contributed by atoms with Gasteiger partial charge >= 0.3 is 6.09 Å². The van der Waals surface area contributed by atoms with Crippen molar-refractivity contribution in [2.45, 2.75) is 20.5 Å². The molecule has 0 fully saturated rings. The molecule has 0 saturated carbocycles. The first kappa shape index (κ1) is 16.6. The number of hydrogen-bond donors (Lipinski definition) is 2. The normalized spacial score (nSPS) is 10.7. The highest BCUT2D eigenvalue weighted by Crippen LogP contribution is 2.20. The van der Waals surface area contributed by atoms with Gasteiger partial charge in [-0.25, -0.2) is 4.79 Å². The molecule has 2 aromatic rings. The van der Waals surface area contributed by atoms with Crippen LogP contribution in [0.1, 0.15) is 22.3 Å². The lowest BCUT2D eigenvalue weighted by Gasteiger charge is -2.08. The Hall–Kier alpha value is -2.75. The van der Waals surface area contributed by atoms with E-state index in [9.17, 15) is 4.79 Å². The molecule has 0 aliphatic carbocycles. The molecule has 0 unspecified atom stereocenters. The van der Waals surface area contributed by atoms with Gasteiger partial charge in [0.1, 0.15) is 6.61 Å². The molecule has 0 aliphatic rings. The molecule has 2 aromatic carbocycles. The van der Waals surface area contributed by atoms with Crippen LogP contribution in [-0.2, 0) is 11.3 Å². The summed E-state index contributed by atoms with van der Waals surface area (Å²) in [5.74, 6) is 0. The van der Waals surface area contributed by atoms with Gasteiger partial charge in [-0.3, -0.25) is 0 Å². The van der Waals surface area contributed by atoms with Crippen molar-refractivity contribution in [1.29, 1.82) is 0 Å². The first-order valence-corrected chi connectivity index (χ1v) is 7.54. The third-order valence-electron chi connectivity index (χ3n) is 3.75. The molecule has 0 aliphatic heterocycles. The lowest BCUT2D eigenvalue weighted by molar-refractivity contribution is 0.141. The maximum atomic E-state index is 11.6. The summed E-state index contributed by atoms with van der Waals surface area (Å²) in [7, 11) is 0. The van der Waals surface area contributed by atoms with E-state index in [1.54, 1.807) is 0 Å². The van der Waals surface area contributed by atoms with Gasteiger partial charge in [-0.15, -0.1) is 0 Å². The summed E-state index contributed by atoms with van der Waals surface area (Å²) in [5, 5.41) is 2.70. The van der Waals surface area contributed by atoms with Crippen LogP contribution in [0.15, 0.2) is 48.5 Å². The smallest absolute Gasteiger partial charge is 0.407 e. The Morgan fingerprint density at radius 2 is 1.87 bits per heavy atom.